The second-order valence-electron chi connectivity index (χ2n) is 4.57. The predicted molar refractivity (Wildman–Crippen MR) is 64.9 cm³/mol. The summed E-state index contributed by atoms with van der Waals surface area (Å²) in [5, 5.41) is 18.3. The Morgan fingerprint density at radius 2 is 2.11 bits per heavy atom. The molecule has 1 aromatic heterocycles. The molecule has 0 aromatic carbocycles. The van der Waals surface area contributed by atoms with Gasteiger partial charge >= 0.3 is 5.97 Å². The van der Waals surface area contributed by atoms with Gasteiger partial charge in [0, 0.05) is 18.8 Å². The average Bonchev–Trinajstić information content (AvgIpc) is 2.71. The van der Waals surface area contributed by atoms with Gasteiger partial charge in [0.25, 0.3) is 0 Å². The zero-order valence-corrected chi connectivity index (χ0v) is 10.9. The Bertz CT molecular complexity index is 453. The molecule has 1 rings (SSSR count). The molecule has 1 amide bonds. The molecule has 3 N–H and O–H groups in total. The van der Waals surface area contributed by atoms with Gasteiger partial charge in [0.2, 0.25) is 5.91 Å². The summed E-state index contributed by atoms with van der Waals surface area (Å²) < 4.78 is 1.49. The normalized spacial score (nSPS) is 13.1. The highest BCUT2D eigenvalue weighted by atomic mass is 16.4. The molecule has 1 heterocycles. The molecule has 0 bridgehead atoms. The van der Waals surface area contributed by atoms with E-state index in [-0.39, 0.29) is 5.91 Å². The van der Waals surface area contributed by atoms with Crippen LogP contribution in [0.1, 0.15) is 25.5 Å². The van der Waals surface area contributed by atoms with Crippen LogP contribution in [0.25, 0.3) is 0 Å². The Hall–Kier alpha value is -1.89. The lowest BCUT2D eigenvalue weighted by Crippen LogP contribution is -2.52. The van der Waals surface area contributed by atoms with E-state index in [4.69, 9.17) is 5.11 Å². The molecule has 18 heavy (non-hydrogen) atoms. The van der Waals surface area contributed by atoms with E-state index in [1.165, 1.54) is 10.9 Å². The van der Waals surface area contributed by atoms with Crippen LogP contribution in [0.2, 0.25) is 0 Å². The molecule has 0 saturated carbocycles. The number of hydrogen-bond donors (Lipinski definition) is 3. The number of aromatic nitrogens is 2. The van der Waals surface area contributed by atoms with Crippen LogP contribution < -0.4 is 10.6 Å². The fourth-order valence-corrected chi connectivity index (χ4v) is 1.30. The van der Waals surface area contributed by atoms with Crippen molar-refractivity contribution in [3.05, 3.63) is 18.0 Å². The molecule has 100 valence electrons. The van der Waals surface area contributed by atoms with E-state index in [1.54, 1.807) is 34.1 Å². The molecular weight excluding hydrogens is 236 g/mol. The molecule has 1 atom stereocenters. The Morgan fingerprint density at radius 1 is 1.50 bits per heavy atom. The first kappa shape index (κ1) is 14.2. The van der Waals surface area contributed by atoms with E-state index in [1.807, 2.05) is 0 Å². The van der Waals surface area contributed by atoms with Crippen LogP contribution in [0.5, 0.6) is 0 Å². The van der Waals surface area contributed by atoms with Crippen LogP contribution in [0.15, 0.2) is 12.4 Å². The minimum atomic E-state index is -1.12. The molecule has 0 saturated heterocycles. The number of carbonyl (C=O) groups excluding carboxylic acids is 1. The van der Waals surface area contributed by atoms with Crippen molar-refractivity contribution in [1.29, 1.82) is 0 Å². The highest BCUT2D eigenvalue weighted by molar-refractivity contribution is 5.89. The van der Waals surface area contributed by atoms with Crippen molar-refractivity contribution in [2.24, 2.45) is 7.05 Å². The lowest BCUT2D eigenvalue weighted by atomic mass is 10.0. The minimum absolute atomic E-state index is 0.388. The first-order valence-electron chi connectivity index (χ1n) is 5.49. The number of rotatable bonds is 5. The third kappa shape index (κ3) is 3.07. The Kier molecular flexibility index (Phi) is 4.07. The number of aliphatic carboxylic acids is 1. The molecule has 0 aliphatic heterocycles. The van der Waals surface area contributed by atoms with Gasteiger partial charge in [-0.2, -0.15) is 5.10 Å². The standard InChI is InChI=1S/C11H18N4O3/c1-11(2,12-3)10(18)14-8(9(16)17)7-5-13-15(4)6-7/h5-6,8,12H,1-4H3,(H,14,18)(H,16,17). The average molecular weight is 254 g/mol. The summed E-state index contributed by atoms with van der Waals surface area (Å²) in [6.07, 6.45) is 2.98. The molecule has 0 spiro atoms. The van der Waals surface area contributed by atoms with Gasteiger partial charge in [0.1, 0.15) is 0 Å². The summed E-state index contributed by atoms with van der Waals surface area (Å²) in [5.74, 6) is -1.51. The third-order valence-electron chi connectivity index (χ3n) is 2.77. The molecule has 0 aliphatic rings. The van der Waals surface area contributed by atoms with Crippen LogP contribution in [0, 0.1) is 0 Å². The van der Waals surface area contributed by atoms with Crippen molar-refractivity contribution in [2.45, 2.75) is 25.4 Å². The van der Waals surface area contributed by atoms with E-state index in [9.17, 15) is 9.59 Å². The Labute approximate surface area is 105 Å². The Balaban J connectivity index is 2.89. The number of aryl methyl sites for hydroxylation is 1. The second kappa shape index (κ2) is 5.18. The number of carbonyl (C=O) groups is 2. The second-order valence-corrected chi connectivity index (χ2v) is 4.57. The number of hydrogen-bond acceptors (Lipinski definition) is 4. The van der Waals surface area contributed by atoms with E-state index < -0.39 is 17.6 Å². The Morgan fingerprint density at radius 3 is 2.50 bits per heavy atom. The van der Waals surface area contributed by atoms with Gasteiger partial charge in [-0.1, -0.05) is 0 Å². The van der Waals surface area contributed by atoms with Crippen LogP contribution in [0.4, 0.5) is 0 Å². The smallest absolute Gasteiger partial charge is 0.331 e. The van der Waals surface area contributed by atoms with Crippen molar-refractivity contribution in [2.75, 3.05) is 7.05 Å². The largest absolute Gasteiger partial charge is 0.479 e. The van der Waals surface area contributed by atoms with Crippen LogP contribution in [-0.4, -0.2) is 39.4 Å². The molecule has 0 radical (unpaired) electrons. The molecular formula is C11H18N4O3. The van der Waals surface area contributed by atoms with E-state index in [0.717, 1.165) is 0 Å². The SMILES string of the molecule is CNC(C)(C)C(=O)NC(C(=O)O)c1cnn(C)c1. The number of nitrogens with one attached hydrogen (secondary N) is 2. The summed E-state index contributed by atoms with van der Waals surface area (Å²) in [4.78, 5) is 23.1. The fraction of sp³-hybridized carbons (Fsp3) is 0.545. The summed E-state index contributed by atoms with van der Waals surface area (Å²) in [5.41, 5.74) is -0.402. The highest BCUT2D eigenvalue weighted by Crippen LogP contribution is 2.13. The van der Waals surface area contributed by atoms with Gasteiger partial charge in [-0.3, -0.25) is 9.48 Å². The molecule has 1 aromatic rings. The lowest BCUT2D eigenvalue weighted by Gasteiger charge is -2.25. The van der Waals surface area contributed by atoms with Gasteiger partial charge in [0.15, 0.2) is 6.04 Å². The van der Waals surface area contributed by atoms with Crippen molar-refractivity contribution in [3.63, 3.8) is 0 Å². The first-order valence-corrected chi connectivity index (χ1v) is 5.49. The number of amides is 1. The fourth-order valence-electron chi connectivity index (χ4n) is 1.30. The maximum absolute atomic E-state index is 11.9. The van der Waals surface area contributed by atoms with Gasteiger partial charge < -0.3 is 15.7 Å². The van der Waals surface area contributed by atoms with Crippen LogP contribution in [-0.2, 0) is 16.6 Å². The summed E-state index contributed by atoms with van der Waals surface area (Å²) in [6.45, 7) is 3.34. The van der Waals surface area contributed by atoms with Gasteiger partial charge in [-0.05, 0) is 20.9 Å². The summed E-state index contributed by atoms with van der Waals surface area (Å²) in [7, 11) is 3.32. The summed E-state index contributed by atoms with van der Waals surface area (Å²) in [6, 6.07) is -1.10. The number of likely N-dealkylation sites (N-methyl/N-ethyl adjacent to an activating group) is 1. The quantitative estimate of drug-likeness (QED) is 0.668. The molecule has 7 nitrogen and oxygen atoms in total. The summed E-state index contributed by atoms with van der Waals surface area (Å²) >= 11 is 0. The zero-order chi connectivity index (χ0) is 13.9. The highest BCUT2D eigenvalue weighted by Gasteiger charge is 2.31. The van der Waals surface area contributed by atoms with E-state index in [2.05, 4.69) is 15.7 Å². The number of nitrogens with zero attached hydrogens (tertiary/aromatic N) is 2. The number of carboxylic acid groups (broad SMARTS) is 1. The van der Waals surface area contributed by atoms with Gasteiger partial charge in [-0.15, -0.1) is 0 Å². The van der Waals surface area contributed by atoms with Crippen molar-refractivity contribution in [1.82, 2.24) is 20.4 Å². The van der Waals surface area contributed by atoms with Crippen molar-refractivity contribution >= 4 is 11.9 Å². The monoisotopic (exact) mass is 254 g/mol. The zero-order valence-electron chi connectivity index (χ0n) is 10.9. The molecule has 7 heteroatoms. The van der Waals surface area contributed by atoms with Crippen molar-refractivity contribution < 1.29 is 14.7 Å². The number of carboxylic acids is 1. The molecule has 0 aliphatic carbocycles. The molecule has 0 fully saturated rings. The van der Waals surface area contributed by atoms with Gasteiger partial charge in [0.05, 0.1) is 11.7 Å². The van der Waals surface area contributed by atoms with Crippen LogP contribution in [0.3, 0.4) is 0 Å². The predicted octanol–water partition coefficient (Wildman–Crippen LogP) is -0.340. The topological polar surface area (TPSA) is 96.2 Å². The third-order valence-corrected chi connectivity index (χ3v) is 2.77. The van der Waals surface area contributed by atoms with E-state index in [0.29, 0.717) is 5.56 Å². The molecule has 1 unspecified atom stereocenters. The minimum Gasteiger partial charge on any atom is -0.479 e. The van der Waals surface area contributed by atoms with E-state index >= 15 is 0 Å². The maximum Gasteiger partial charge on any atom is 0.331 e. The van der Waals surface area contributed by atoms with Gasteiger partial charge in [-0.25, -0.2) is 4.79 Å². The first-order chi connectivity index (χ1) is 8.27. The lowest BCUT2D eigenvalue weighted by molar-refractivity contribution is -0.142. The maximum atomic E-state index is 11.9. The van der Waals surface area contributed by atoms with Crippen molar-refractivity contribution in [3.8, 4) is 0 Å². The van der Waals surface area contributed by atoms with Crippen LogP contribution >= 0.6 is 0 Å².